The first-order valence-electron chi connectivity index (χ1n) is 7.76. The summed E-state index contributed by atoms with van der Waals surface area (Å²) in [5, 5.41) is 4.91. The lowest BCUT2D eigenvalue weighted by Crippen LogP contribution is -2.41. The number of hydrogen-bond donors (Lipinski definition) is 1. The van der Waals surface area contributed by atoms with Gasteiger partial charge < -0.3 is 10.2 Å². The summed E-state index contributed by atoms with van der Waals surface area (Å²) in [5.74, 6) is -0.0311. The molecule has 1 aliphatic heterocycles. The van der Waals surface area contributed by atoms with E-state index >= 15 is 0 Å². The van der Waals surface area contributed by atoms with Gasteiger partial charge in [0.05, 0.1) is 10.0 Å². The Morgan fingerprint density at radius 3 is 2.48 bits per heavy atom. The third-order valence-electron chi connectivity index (χ3n) is 4.20. The number of benzene rings is 2. The minimum absolute atomic E-state index is 0. The lowest BCUT2D eigenvalue weighted by Gasteiger charge is -2.29. The summed E-state index contributed by atoms with van der Waals surface area (Å²) in [4.78, 5) is 14.9. The van der Waals surface area contributed by atoms with Crippen LogP contribution in [0.15, 0.2) is 42.5 Å². The lowest BCUT2D eigenvalue weighted by molar-refractivity contribution is 0.0676. The van der Waals surface area contributed by atoms with E-state index in [1.54, 1.807) is 30.3 Å². The Morgan fingerprint density at radius 2 is 1.84 bits per heavy atom. The smallest absolute Gasteiger partial charge is 0.254 e. The molecule has 0 spiro atoms. The van der Waals surface area contributed by atoms with E-state index in [1.807, 2.05) is 17.0 Å². The summed E-state index contributed by atoms with van der Waals surface area (Å²) >= 11 is 18.3. The molecule has 1 atom stereocenters. The first-order chi connectivity index (χ1) is 11.6. The van der Waals surface area contributed by atoms with Crippen molar-refractivity contribution in [2.75, 3.05) is 13.1 Å². The molecular weight excluding hydrogens is 402 g/mol. The van der Waals surface area contributed by atoms with E-state index in [-0.39, 0.29) is 24.4 Å². The van der Waals surface area contributed by atoms with Crippen LogP contribution in [0.1, 0.15) is 22.3 Å². The molecule has 0 saturated carbocycles. The monoisotopic (exact) mass is 418 g/mol. The van der Waals surface area contributed by atoms with Gasteiger partial charge in [-0.3, -0.25) is 4.79 Å². The molecule has 1 N–H and O–H groups in total. The lowest BCUT2D eigenvalue weighted by atomic mass is 10.1. The van der Waals surface area contributed by atoms with Crippen LogP contribution in [-0.2, 0) is 6.54 Å². The number of carbonyl (C=O) groups is 1. The number of carbonyl (C=O) groups excluding carboxylic acids is 1. The second-order valence-electron chi connectivity index (χ2n) is 5.80. The van der Waals surface area contributed by atoms with Crippen molar-refractivity contribution < 1.29 is 4.79 Å². The molecule has 0 bridgehead atoms. The maximum Gasteiger partial charge on any atom is 0.254 e. The molecule has 7 heteroatoms. The van der Waals surface area contributed by atoms with Crippen LogP contribution in [0.4, 0.5) is 0 Å². The fourth-order valence-electron chi connectivity index (χ4n) is 2.88. The van der Waals surface area contributed by atoms with Gasteiger partial charge in [-0.2, -0.15) is 0 Å². The number of nitrogens with zero attached hydrogens (tertiary/aromatic N) is 1. The molecule has 0 radical (unpaired) electrons. The Kier molecular flexibility index (Phi) is 7.41. The maximum atomic E-state index is 13.0. The molecule has 1 saturated heterocycles. The SMILES string of the molecule is Cl.O=C(c1ccc(Cl)cc1)N(Cc1cccc(Cl)c1Cl)[C@@H]1CCNC1. The predicted octanol–water partition coefficient (Wildman–Crippen LogP) is 5.07. The molecule has 1 amide bonds. The highest BCUT2D eigenvalue weighted by atomic mass is 35.5. The minimum atomic E-state index is -0.0311. The van der Waals surface area contributed by atoms with Crippen molar-refractivity contribution in [3.05, 3.63) is 68.7 Å². The van der Waals surface area contributed by atoms with Crippen molar-refractivity contribution in [2.24, 2.45) is 0 Å². The van der Waals surface area contributed by atoms with Crippen LogP contribution < -0.4 is 5.32 Å². The van der Waals surface area contributed by atoms with E-state index in [4.69, 9.17) is 34.8 Å². The van der Waals surface area contributed by atoms with Crippen LogP contribution in [0, 0.1) is 0 Å². The Labute approximate surface area is 168 Å². The second-order valence-corrected chi connectivity index (χ2v) is 7.02. The molecule has 3 nitrogen and oxygen atoms in total. The zero-order valence-corrected chi connectivity index (χ0v) is 16.4. The van der Waals surface area contributed by atoms with E-state index in [0.717, 1.165) is 25.1 Å². The van der Waals surface area contributed by atoms with Gasteiger partial charge in [0.25, 0.3) is 5.91 Å². The van der Waals surface area contributed by atoms with Crippen LogP contribution in [0.5, 0.6) is 0 Å². The quantitative estimate of drug-likeness (QED) is 0.749. The fourth-order valence-corrected chi connectivity index (χ4v) is 3.39. The Hall–Kier alpha value is -0.970. The van der Waals surface area contributed by atoms with Crippen LogP contribution in [-0.4, -0.2) is 29.9 Å². The largest absolute Gasteiger partial charge is 0.330 e. The number of hydrogen-bond acceptors (Lipinski definition) is 2. The van der Waals surface area contributed by atoms with Crippen molar-refractivity contribution in [2.45, 2.75) is 19.0 Å². The van der Waals surface area contributed by atoms with Gasteiger partial charge in [0.2, 0.25) is 0 Å². The zero-order chi connectivity index (χ0) is 17.1. The Morgan fingerprint density at radius 1 is 1.12 bits per heavy atom. The van der Waals surface area contributed by atoms with E-state index in [9.17, 15) is 4.79 Å². The maximum absolute atomic E-state index is 13.0. The summed E-state index contributed by atoms with van der Waals surface area (Å²) in [6.07, 6.45) is 0.914. The normalized spacial score (nSPS) is 16.4. The van der Waals surface area contributed by atoms with Gasteiger partial charge in [0.1, 0.15) is 0 Å². The average molecular weight is 420 g/mol. The van der Waals surface area contributed by atoms with Crippen LogP contribution in [0.2, 0.25) is 15.1 Å². The van der Waals surface area contributed by atoms with Crippen molar-refractivity contribution in [3.63, 3.8) is 0 Å². The molecule has 3 rings (SSSR count). The number of amides is 1. The molecule has 0 unspecified atom stereocenters. The third kappa shape index (κ3) is 4.81. The van der Waals surface area contributed by atoms with Crippen molar-refractivity contribution in [1.29, 1.82) is 0 Å². The molecule has 25 heavy (non-hydrogen) atoms. The zero-order valence-electron chi connectivity index (χ0n) is 13.3. The summed E-state index contributed by atoms with van der Waals surface area (Å²) in [5.41, 5.74) is 1.46. The van der Waals surface area contributed by atoms with E-state index < -0.39 is 0 Å². The Bertz CT molecular complexity index is 730. The first kappa shape index (κ1) is 20.3. The molecule has 1 aliphatic rings. The Balaban J connectivity index is 0.00000225. The average Bonchev–Trinajstić information content (AvgIpc) is 3.10. The summed E-state index contributed by atoms with van der Waals surface area (Å²) in [6.45, 7) is 2.10. The van der Waals surface area contributed by atoms with Gasteiger partial charge in [-0.05, 0) is 48.9 Å². The summed E-state index contributed by atoms with van der Waals surface area (Å²) in [7, 11) is 0. The number of rotatable bonds is 4. The van der Waals surface area contributed by atoms with Gasteiger partial charge >= 0.3 is 0 Å². The molecule has 0 aromatic heterocycles. The number of nitrogens with one attached hydrogen (secondary N) is 1. The van der Waals surface area contributed by atoms with Crippen LogP contribution in [0.3, 0.4) is 0 Å². The fraction of sp³-hybridized carbons (Fsp3) is 0.278. The van der Waals surface area contributed by atoms with Gasteiger partial charge in [-0.25, -0.2) is 0 Å². The molecule has 2 aromatic carbocycles. The predicted molar refractivity (Wildman–Crippen MR) is 106 cm³/mol. The van der Waals surface area contributed by atoms with Gasteiger partial charge in [0.15, 0.2) is 0 Å². The summed E-state index contributed by atoms with van der Waals surface area (Å²) in [6, 6.07) is 12.6. The topological polar surface area (TPSA) is 32.3 Å². The van der Waals surface area contributed by atoms with E-state index in [2.05, 4.69) is 5.32 Å². The third-order valence-corrected chi connectivity index (χ3v) is 5.31. The van der Waals surface area contributed by atoms with Crippen molar-refractivity contribution >= 4 is 53.1 Å². The van der Waals surface area contributed by atoms with Crippen LogP contribution >= 0.6 is 47.2 Å². The van der Waals surface area contributed by atoms with Gasteiger partial charge in [-0.15, -0.1) is 12.4 Å². The first-order valence-corrected chi connectivity index (χ1v) is 8.90. The molecule has 1 fully saturated rings. The second kappa shape index (κ2) is 9.11. The van der Waals surface area contributed by atoms with E-state index in [1.165, 1.54) is 0 Å². The molecule has 134 valence electrons. The summed E-state index contributed by atoms with van der Waals surface area (Å²) < 4.78 is 0. The van der Waals surface area contributed by atoms with Crippen molar-refractivity contribution in [1.82, 2.24) is 10.2 Å². The molecule has 2 aromatic rings. The van der Waals surface area contributed by atoms with E-state index in [0.29, 0.717) is 27.2 Å². The molecular formula is C18H18Cl4N2O. The molecule has 0 aliphatic carbocycles. The van der Waals surface area contributed by atoms with Crippen LogP contribution in [0.25, 0.3) is 0 Å². The van der Waals surface area contributed by atoms with Gasteiger partial charge in [0, 0.05) is 29.7 Å². The van der Waals surface area contributed by atoms with Gasteiger partial charge in [-0.1, -0.05) is 46.9 Å². The highest BCUT2D eigenvalue weighted by Gasteiger charge is 2.28. The van der Waals surface area contributed by atoms with Crippen molar-refractivity contribution in [3.8, 4) is 0 Å². The number of halogens is 4. The highest BCUT2D eigenvalue weighted by Crippen LogP contribution is 2.28. The highest BCUT2D eigenvalue weighted by molar-refractivity contribution is 6.42. The molecule has 1 heterocycles. The minimum Gasteiger partial charge on any atom is -0.330 e. The standard InChI is InChI=1S/C18H17Cl3N2O.ClH/c19-14-6-4-12(5-7-14)18(24)23(15-8-9-22-10-15)11-13-2-1-3-16(20)17(13)21;/h1-7,15,22H,8-11H2;1H/t15-;/m1./s1.